The molecule has 1 aromatic rings. The monoisotopic (exact) mass is 274 g/mol. The van der Waals surface area contributed by atoms with Gasteiger partial charge in [-0.2, -0.15) is 0 Å². The summed E-state index contributed by atoms with van der Waals surface area (Å²) >= 11 is 0. The van der Waals surface area contributed by atoms with Crippen LogP contribution < -0.4 is 11.1 Å². The highest BCUT2D eigenvalue weighted by Crippen LogP contribution is 2.04. The van der Waals surface area contributed by atoms with E-state index < -0.39 is 0 Å². The molecule has 4 heteroatoms. The minimum absolute atomic E-state index is 0.0425. The second-order valence-corrected chi connectivity index (χ2v) is 4.56. The largest absolute Gasteiger partial charge is 0.382 e. The van der Waals surface area contributed by atoms with Crippen molar-refractivity contribution in [3.05, 3.63) is 35.4 Å². The number of rotatable bonds is 6. The molecule has 1 unspecified atom stereocenters. The van der Waals surface area contributed by atoms with Crippen LogP contribution in [0.4, 0.5) is 0 Å². The molecule has 0 aliphatic carbocycles. The number of nitrogens with two attached hydrogens (primary N) is 1. The Kier molecular flexibility index (Phi) is 7.41. The predicted molar refractivity (Wildman–Crippen MR) is 79.9 cm³/mol. The van der Waals surface area contributed by atoms with Gasteiger partial charge in [0.1, 0.15) is 0 Å². The Labute approximate surface area is 120 Å². The lowest BCUT2D eigenvalue weighted by atomic mass is 10.1. The fourth-order valence-electron chi connectivity index (χ4n) is 1.60. The molecule has 0 fully saturated rings. The Morgan fingerprint density at radius 1 is 1.40 bits per heavy atom. The van der Waals surface area contributed by atoms with Crippen molar-refractivity contribution in [1.82, 2.24) is 5.32 Å². The maximum atomic E-state index is 11.6. The molecule has 0 saturated heterocycles. The summed E-state index contributed by atoms with van der Waals surface area (Å²) < 4.78 is 5.11. The minimum Gasteiger partial charge on any atom is -0.382 e. The van der Waals surface area contributed by atoms with Gasteiger partial charge in [-0.25, -0.2) is 0 Å². The van der Waals surface area contributed by atoms with E-state index in [9.17, 15) is 4.79 Å². The van der Waals surface area contributed by atoms with Gasteiger partial charge >= 0.3 is 0 Å². The summed E-state index contributed by atoms with van der Waals surface area (Å²) in [5.74, 6) is 5.81. The number of nitrogens with one attached hydrogen (secondary N) is 1. The summed E-state index contributed by atoms with van der Waals surface area (Å²) in [4.78, 5) is 11.6. The van der Waals surface area contributed by atoms with E-state index in [-0.39, 0.29) is 12.0 Å². The minimum atomic E-state index is 0.0425. The molecule has 20 heavy (non-hydrogen) atoms. The molecule has 0 saturated carbocycles. The van der Waals surface area contributed by atoms with E-state index in [1.807, 2.05) is 31.2 Å². The predicted octanol–water partition coefficient (Wildman–Crippen LogP) is 1.43. The van der Waals surface area contributed by atoms with Crippen LogP contribution in [0.3, 0.4) is 0 Å². The molecule has 0 bridgehead atoms. The lowest BCUT2D eigenvalue weighted by Gasteiger charge is -2.09. The third-order valence-corrected chi connectivity index (χ3v) is 2.96. The normalized spacial score (nSPS) is 11.3. The Hall–Kier alpha value is -1.83. The molecular formula is C16H22N2O2. The lowest BCUT2D eigenvalue weighted by Crippen LogP contribution is -2.23. The molecule has 0 spiro atoms. The van der Waals surface area contributed by atoms with E-state index in [1.165, 1.54) is 0 Å². The molecule has 3 N–H and O–H groups in total. The van der Waals surface area contributed by atoms with Gasteiger partial charge in [0.05, 0.1) is 12.6 Å². The fraction of sp³-hybridized carbons (Fsp3) is 0.438. The summed E-state index contributed by atoms with van der Waals surface area (Å²) in [7, 11) is 1.65. The Morgan fingerprint density at radius 2 is 2.10 bits per heavy atom. The maximum absolute atomic E-state index is 11.6. The van der Waals surface area contributed by atoms with Gasteiger partial charge in [-0.3, -0.25) is 4.79 Å². The third kappa shape index (κ3) is 6.37. The molecule has 0 aliphatic rings. The first-order valence-electron chi connectivity index (χ1n) is 6.73. The quantitative estimate of drug-likeness (QED) is 0.771. The zero-order valence-electron chi connectivity index (χ0n) is 12.1. The average molecular weight is 274 g/mol. The van der Waals surface area contributed by atoms with Crippen molar-refractivity contribution in [2.24, 2.45) is 5.73 Å². The Balaban J connectivity index is 2.36. The topological polar surface area (TPSA) is 64.3 Å². The van der Waals surface area contributed by atoms with E-state index >= 15 is 0 Å². The van der Waals surface area contributed by atoms with E-state index in [0.717, 1.165) is 17.5 Å². The van der Waals surface area contributed by atoms with Crippen molar-refractivity contribution >= 4 is 5.91 Å². The third-order valence-electron chi connectivity index (χ3n) is 2.96. The number of carbonyl (C=O) groups excluding carboxylic acids is 1. The second kappa shape index (κ2) is 9.13. The van der Waals surface area contributed by atoms with Crippen LogP contribution in [-0.4, -0.2) is 25.7 Å². The number of hydrogen-bond donors (Lipinski definition) is 2. The van der Waals surface area contributed by atoms with Gasteiger partial charge in [-0.05, 0) is 31.0 Å². The molecule has 0 aliphatic heterocycles. The lowest BCUT2D eigenvalue weighted by molar-refractivity contribution is -0.121. The zero-order chi connectivity index (χ0) is 14.8. The van der Waals surface area contributed by atoms with Crippen molar-refractivity contribution < 1.29 is 9.53 Å². The number of amides is 1. The number of carbonyl (C=O) groups is 1. The van der Waals surface area contributed by atoms with Crippen LogP contribution in [0.25, 0.3) is 0 Å². The summed E-state index contributed by atoms with van der Waals surface area (Å²) in [6.45, 7) is 2.84. The van der Waals surface area contributed by atoms with Crippen LogP contribution in [-0.2, 0) is 16.1 Å². The smallest absolute Gasteiger partial charge is 0.220 e. The van der Waals surface area contributed by atoms with E-state index in [2.05, 4.69) is 17.2 Å². The SMILES string of the molecule is COC(C)CCC(=O)NCc1ccc(C#CCN)cc1. The van der Waals surface area contributed by atoms with Crippen LogP contribution in [0.5, 0.6) is 0 Å². The highest BCUT2D eigenvalue weighted by atomic mass is 16.5. The van der Waals surface area contributed by atoms with Crippen molar-refractivity contribution in [2.45, 2.75) is 32.4 Å². The first-order valence-corrected chi connectivity index (χ1v) is 6.73. The van der Waals surface area contributed by atoms with Crippen molar-refractivity contribution in [1.29, 1.82) is 0 Å². The van der Waals surface area contributed by atoms with Crippen molar-refractivity contribution in [3.8, 4) is 11.8 Å². The van der Waals surface area contributed by atoms with Gasteiger partial charge in [-0.1, -0.05) is 24.0 Å². The molecule has 1 atom stereocenters. The molecule has 1 aromatic carbocycles. The van der Waals surface area contributed by atoms with Gasteiger partial charge in [0, 0.05) is 25.6 Å². The fourth-order valence-corrected chi connectivity index (χ4v) is 1.60. The van der Waals surface area contributed by atoms with Gasteiger partial charge in [0.15, 0.2) is 0 Å². The van der Waals surface area contributed by atoms with E-state index in [4.69, 9.17) is 10.5 Å². The Bertz CT molecular complexity index is 471. The number of methoxy groups -OCH3 is 1. The van der Waals surface area contributed by atoms with Gasteiger partial charge in [-0.15, -0.1) is 0 Å². The maximum Gasteiger partial charge on any atom is 0.220 e. The standard InChI is InChI=1S/C16H22N2O2/c1-13(20-2)5-10-16(19)18-12-15-8-6-14(7-9-15)4-3-11-17/h6-9,13H,5,10-12,17H2,1-2H3,(H,18,19). The van der Waals surface area contributed by atoms with E-state index in [0.29, 0.717) is 19.5 Å². The summed E-state index contributed by atoms with van der Waals surface area (Å²) in [5, 5.41) is 2.89. The number of hydrogen-bond acceptors (Lipinski definition) is 3. The molecular weight excluding hydrogens is 252 g/mol. The first kappa shape index (κ1) is 16.2. The van der Waals surface area contributed by atoms with Crippen LogP contribution in [0.15, 0.2) is 24.3 Å². The molecule has 0 radical (unpaired) electrons. The molecule has 108 valence electrons. The highest BCUT2D eigenvalue weighted by molar-refractivity contribution is 5.75. The van der Waals surface area contributed by atoms with Crippen molar-refractivity contribution in [3.63, 3.8) is 0 Å². The van der Waals surface area contributed by atoms with Crippen LogP contribution in [0, 0.1) is 11.8 Å². The van der Waals surface area contributed by atoms with Crippen LogP contribution in [0.2, 0.25) is 0 Å². The molecule has 0 heterocycles. The Morgan fingerprint density at radius 3 is 2.70 bits per heavy atom. The van der Waals surface area contributed by atoms with Gasteiger partial charge < -0.3 is 15.8 Å². The molecule has 4 nitrogen and oxygen atoms in total. The summed E-state index contributed by atoms with van der Waals surface area (Å²) in [6.07, 6.45) is 1.33. The van der Waals surface area contributed by atoms with E-state index in [1.54, 1.807) is 7.11 Å². The molecule has 1 amide bonds. The van der Waals surface area contributed by atoms with Crippen molar-refractivity contribution in [2.75, 3.05) is 13.7 Å². The number of ether oxygens (including phenoxy) is 1. The summed E-state index contributed by atoms with van der Waals surface area (Å²) in [6, 6.07) is 7.77. The average Bonchev–Trinajstić information content (AvgIpc) is 2.49. The highest BCUT2D eigenvalue weighted by Gasteiger charge is 2.05. The second-order valence-electron chi connectivity index (χ2n) is 4.56. The van der Waals surface area contributed by atoms with Crippen LogP contribution >= 0.6 is 0 Å². The van der Waals surface area contributed by atoms with Crippen LogP contribution in [0.1, 0.15) is 30.9 Å². The summed E-state index contributed by atoms with van der Waals surface area (Å²) in [5.41, 5.74) is 7.30. The van der Waals surface area contributed by atoms with Gasteiger partial charge in [0.2, 0.25) is 5.91 Å². The van der Waals surface area contributed by atoms with Gasteiger partial charge in [0.25, 0.3) is 0 Å². The molecule has 0 aromatic heterocycles. The molecule has 1 rings (SSSR count). The zero-order valence-corrected chi connectivity index (χ0v) is 12.1. The number of benzene rings is 1. The first-order chi connectivity index (χ1) is 9.65.